The highest BCUT2D eigenvalue weighted by atomic mass is 35.5. The van der Waals surface area contributed by atoms with Gasteiger partial charge in [0, 0.05) is 36.1 Å². The highest BCUT2D eigenvalue weighted by molar-refractivity contribution is 6.31. The van der Waals surface area contributed by atoms with Crippen molar-refractivity contribution in [2.45, 2.75) is 25.9 Å². The van der Waals surface area contributed by atoms with Gasteiger partial charge in [0.25, 0.3) is 11.9 Å². The SMILES string of the molecule is CC1(C)CC(CN2CCN(C(=O)c3cccc(Cl)c3)C2=N[N+](=O)[O-])CO1. The van der Waals surface area contributed by atoms with Crippen molar-refractivity contribution in [3.63, 3.8) is 0 Å². The zero-order chi connectivity index (χ0) is 18.9. The van der Waals surface area contributed by atoms with Gasteiger partial charge in [0.1, 0.15) is 5.10 Å². The molecular formula is C17H21ClN4O4. The lowest BCUT2D eigenvalue weighted by Gasteiger charge is -2.22. The van der Waals surface area contributed by atoms with E-state index in [1.807, 2.05) is 13.8 Å². The fourth-order valence-corrected chi connectivity index (χ4v) is 3.70. The number of rotatable bonds is 4. The summed E-state index contributed by atoms with van der Waals surface area (Å²) < 4.78 is 5.74. The average Bonchev–Trinajstić information content (AvgIpc) is 3.10. The lowest BCUT2D eigenvalue weighted by atomic mass is 9.97. The number of hydrazone groups is 1. The Balaban J connectivity index is 1.79. The third-order valence-electron chi connectivity index (χ3n) is 4.57. The fourth-order valence-electron chi connectivity index (χ4n) is 3.51. The van der Waals surface area contributed by atoms with Crippen LogP contribution < -0.4 is 0 Å². The van der Waals surface area contributed by atoms with Crippen LogP contribution in [0.5, 0.6) is 0 Å². The summed E-state index contributed by atoms with van der Waals surface area (Å²) in [5.74, 6) is -0.0357. The van der Waals surface area contributed by atoms with Crippen molar-refractivity contribution in [1.29, 1.82) is 0 Å². The van der Waals surface area contributed by atoms with Crippen LogP contribution in [0.15, 0.2) is 29.4 Å². The number of nitrogens with zero attached hydrogens (tertiary/aromatic N) is 4. The average molecular weight is 381 g/mol. The number of hydrogen-bond acceptors (Lipinski definition) is 4. The summed E-state index contributed by atoms with van der Waals surface area (Å²) >= 11 is 5.95. The van der Waals surface area contributed by atoms with Crippen molar-refractivity contribution in [3.8, 4) is 0 Å². The van der Waals surface area contributed by atoms with Crippen molar-refractivity contribution in [2.75, 3.05) is 26.2 Å². The van der Waals surface area contributed by atoms with Gasteiger partial charge in [0.05, 0.1) is 12.2 Å². The second kappa shape index (κ2) is 7.20. The third-order valence-corrected chi connectivity index (χ3v) is 4.81. The fraction of sp³-hybridized carbons (Fsp3) is 0.529. The molecule has 0 saturated carbocycles. The Bertz CT molecular complexity index is 752. The normalized spacial score (nSPS) is 23.7. The molecule has 0 bridgehead atoms. The van der Waals surface area contributed by atoms with Crippen LogP contribution in [0.3, 0.4) is 0 Å². The number of ether oxygens (including phenoxy) is 1. The molecule has 9 heteroatoms. The molecule has 2 heterocycles. The molecule has 1 aromatic rings. The number of guanidine groups is 1. The van der Waals surface area contributed by atoms with E-state index in [2.05, 4.69) is 5.10 Å². The second-order valence-corrected chi connectivity index (χ2v) is 7.63. The zero-order valence-corrected chi connectivity index (χ0v) is 15.5. The molecule has 0 aliphatic carbocycles. The van der Waals surface area contributed by atoms with Crippen molar-refractivity contribution < 1.29 is 14.6 Å². The highest BCUT2D eigenvalue weighted by Gasteiger charge is 2.39. The van der Waals surface area contributed by atoms with Crippen LogP contribution in [-0.4, -0.2) is 58.5 Å². The van der Waals surface area contributed by atoms with Crippen molar-refractivity contribution in [3.05, 3.63) is 45.0 Å². The molecule has 1 unspecified atom stereocenters. The first-order valence-corrected chi connectivity index (χ1v) is 8.82. The lowest BCUT2D eigenvalue weighted by molar-refractivity contribution is -0.486. The van der Waals surface area contributed by atoms with Crippen LogP contribution in [-0.2, 0) is 4.74 Å². The van der Waals surface area contributed by atoms with E-state index < -0.39 is 5.03 Å². The zero-order valence-electron chi connectivity index (χ0n) is 14.7. The van der Waals surface area contributed by atoms with E-state index in [9.17, 15) is 14.9 Å². The van der Waals surface area contributed by atoms with Gasteiger partial charge in [-0.1, -0.05) is 17.7 Å². The third kappa shape index (κ3) is 4.13. The Labute approximate surface area is 156 Å². The van der Waals surface area contributed by atoms with Gasteiger partial charge in [-0.25, -0.2) is 10.1 Å². The number of carbonyl (C=O) groups excluding carboxylic acids is 1. The minimum absolute atomic E-state index is 0.0738. The van der Waals surface area contributed by atoms with Gasteiger partial charge in [-0.2, -0.15) is 0 Å². The van der Waals surface area contributed by atoms with Gasteiger partial charge in [0.2, 0.25) is 0 Å². The van der Waals surface area contributed by atoms with Crippen molar-refractivity contribution >= 4 is 23.5 Å². The van der Waals surface area contributed by atoms with Crippen LogP contribution >= 0.6 is 11.6 Å². The largest absolute Gasteiger partial charge is 0.375 e. The standard InChI is InChI=1S/C17H21ClN4O4/c1-17(2)9-12(11-26-17)10-20-6-7-21(16(20)19-22(24)25)15(23)13-4-3-5-14(18)8-13/h3-5,8,12H,6-7,9-11H2,1-2H3. The number of carbonyl (C=O) groups is 1. The molecule has 1 aromatic carbocycles. The molecule has 1 atom stereocenters. The Morgan fingerprint density at radius 1 is 1.46 bits per heavy atom. The van der Waals surface area contributed by atoms with Gasteiger partial charge in [-0.15, -0.1) is 0 Å². The maximum absolute atomic E-state index is 12.8. The van der Waals surface area contributed by atoms with Gasteiger partial charge in [0.15, 0.2) is 5.03 Å². The smallest absolute Gasteiger partial charge is 0.281 e. The molecule has 2 aliphatic rings. The van der Waals surface area contributed by atoms with Crippen LogP contribution in [0.4, 0.5) is 0 Å². The minimum Gasteiger partial charge on any atom is -0.375 e. The molecular weight excluding hydrogens is 360 g/mol. The summed E-state index contributed by atoms with van der Waals surface area (Å²) in [7, 11) is 0. The molecule has 0 N–H and O–H groups in total. The topological polar surface area (TPSA) is 88.3 Å². The molecule has 8 nitrogen and oxygen atoms in total. The van der Waals surface area contributed by atoms with Crippen molar-refractivity contribution in [2.24, 2.45) is 11.0 Å². The molecule has 1 amide bonds. The predicted octanol–water partition coefficient (Wildman–Crippen LogP) is 2.46. The quantitative estimate of drug-likeness (QED) is 0.591. The van der Waals surface area contributed by atoms with E-state index in [1.54, 1.807) is 29.2 Å². The molecule has 2 saturated heterocycles. The van der Waals surface area contributed by atoms with Gasteiger partial charge >= 0.3 is 0 Å². The Morgan fingerprint density at radius 3 is 2.85 bits per heavy atom. The number of nitro groups is 1. The minimum atomic E-state index is -0.763. The molecule has 2 aliphatic heterocycles. The molecule has 26 heavy (non-hydrogen) atoms. The van der Waals surface area contributed by atoms with E-state index >= 15 is 0 Å². The number of amides is 1. The van der Waals surface area contributed by atoms with Crippen LogP contribution in [0.1, 0.15) is 30.6 Å². The van der Waals surface area contributed by atoms with Gasteiger partial charge in [-0.3, -0.25) is 9.69 Å². The Morgan fingerprint density at radius 2 is 2.23 bits per heavy atom. The lowest BCUT2D eigenvalue weighted by Crippen LogP contribution is -2.40. The maximum Gasteiger partial charge on any atom is 0.281 e. The van der Waals surface area contributed by atoms with Crippen LogP contribution in [0.25, 0.3) is 0 Å². The number of halogens is 1. The number of benzene rings is 1. The van der Waals surface area contributed by atoms with Crippen molar-refractivity contribution in [1.82, 2.24) is 9.80 Å². The molecule has 2 fully saturated rings. The monoisotopic (exact) mass is 380 g/mol. The molecule has 0 aromatic heterocycles. The highest BCUT2D eigenvalue weighted by Crippen LogP contribution is 2.30. The van der Waals surface area contributed by atoms with E-state index in [-0.39, 0.29) is 23.4 Å². The van der Waals surface area contributed by atoms with E-state index in [4.69, 9.17) is 16.3 Å². The summed E-state index contributed by atoms with van der Waals surface area (Å²) in [6.45, 7) is 6.05. The first-order chi connectivity index (χ1) is 12.2. The van der Waals surface area contributed by atoms with E-state index in [1.165, 1.54) is 4.90 Å². The molecule has 0 spiro atoms. The van der Waals surface area contributed by atoms with E-state index in [0.29, 0.717) is 36.8 Å². The first-order valence-electron chi connectivity index (χ1n) is 8.44. The Kier molecular flexibility index (Phi) is 5.15. The predicted molar refractivity (Wildman–Crippen MR) is 96.6 cm³/mol. The second-order valence-electron chi connectivity index (χ2n) is 7.19. The van der Waals surface area contributed by atoms with Gasteiger partial charge < -0.3 is 9.64 Å². The Hall–Kier alpha value is -2.19. The maximum atomic E-state index is 12.8. The van der Waals surface area contributed by atoms with Gasteiger partial charge in [-0.05, 0) is 38.5 Å². The summed E-state index contributed by atoms with van der Waals surface area (Å²) in [6, 6.07) is 6.52. The first kappa shape index (κ1) is 18.6. The molecule has 140 valence electrons. The summed E-state index contributed by atoms with van der Waals surface area (Å²) in [5, 5.41) is 14.2. The summed E-state index contributed by atoms with van der Waals surface area (Å²) in [4.78, 5) is 26.9. The molecule has 0 radical (unpaired) electrons. The molecule has 3 rings (SSSR count). The number of hydrogen-bond donors (Lipinski definition) is 0. The van der Waals surface area contributed by atoms with E-state index in [0.717, 1.165) is 6.42 Å². The summed E-state index contributed by atoms with van der Waals surface area (Å²) in [5.41, 5.74) is 0.182. The van der Waals surface area contributed by atoms with Crippen LogP contribution in [0.2, 0.25) is 5.02 Å². The summed E-state index contributed by atoms with van der Waals surface area (Å²) in [6.07, 6.45) is 0.859. The van der Waals surface area contributed by atoms with Crippen LogP contribution in [0, 0.1) is 16.0 Å².